The van der Waals surface area contributed by atoms with Gasteiger partial charge in [-0.2, -0.15) is 5.10 Å². The first kappa shape index (κ1) is 18.9. The molecule has 148 valence electrons. The van der Waals surface area contributed by atoms with Crippen LogP contribution in [0.1, 0.15) is 30.1 Å². The van der Waals surface area contributed by atoms with Crippen molar-refractivity contribution in [2.45, 2.75) is 25.3 Å². The Morgan fingerprint density at radius 1 is 1.43 bits per heavy atom. The predicted octanol–water partition coefficient (Wildman–Crippen LogP) is 2.68. The Balaban J connectivity index is 1.44. The third-order valence-electron chi connectivity index (χ3n) is 4.98. The van der Waals surface area contributed by atoms with Gasteiger partial charge >= 0.3 is 0 Å². The Bertz CT molecular complexity index is 968. The number of carbonyl (C=O) groups is 1. The molecular weight excluding hydrogens is 380 g/mol. The number of aromatic amines is 1. The second-order valence-electron chi connectivity index (χ2n) is 7.10. The lowest BCUT2D eigenvalue weighted by Gasteiger charge is -2.32. The number of aromatic nitrogens is 4. The summed E-state index contributed by atoms with van der Waals surface area (Å²) in [5.41, 5.74) is 3.61. The average molecular weight is 403 g/mol. The standard InChI is InChI=1S/C19H23ClN6O2/c1-28-12-18(27)23-16-7-21-24-19(16)13-3-2-6-25(8-13)10-15-11-26-9-14(20)4-5-17(26)22-15/h4-5,7,9,11,13H,2-3,6,8,10,12H2,1H3,(H,21,24)(H,23,27)/t13-/m0/s1. The molecule has 1 aliphatic rings. The molecule has 0 aromatic carbocycles. The zero-order valence-electron chi connectivity index (χ0n) is 15.7. The van der Waals surface area contributed by atoms with E-state index in [-0.39, 0.29) is 18.4 Å². The van der Waals surface area contributed by atoms with Gasteiger partial charge in [0.2, 0.25) is 5.91 Å². The highest BCUT2D eigenvalue weighted by molar-refractivity contribution is 6.30. The highest BCUT2D eigenvalue weighted by atomic mass is 35.5. The van der Waals surface area contributed by atoms with Crippen LogP contribution in [-0.4, -0.2) is 57.2 Å². The summed E-state index contributed by atoms with van der Waals surface area (Å²) in [6.45, 7) is 2.70. The second kappa shape index (κ2) is 8.30. The number of anilines is 1. The number of methoxy groups -OCH3 is 1. The summed E-state index contributed by atoms with van der Waals surface area (Å²) < 4.78 is 6.84. The van der Waals surface area contributed by atoms with E-state index in [9.17, 15) is 4.79 Å². The van der Waals surface area contributed by atoms with Crippen LogP contribution in [0.2, 0.25) is 5.02 Å². The maximum Gasteiger partial charge on any atom is 0.250 e. The number of ether oxygens (including phenoxy) is 1. The molecule has 9 heteroatoms. The van der Waals surface area contributed by atoms with Crippen molar-refractivity contribution in [2.75, 3.05) is 32.1 Å². The van der Waals surface area contributed by atoms with Gasteiger partial charge in [0.15, 0.2) is 0 Å². The fraction of sp³-hybridized carbons (Fsp3) is 0.421. The van der Waals surface area contributed by atoms with Gasteiger partial charge in [-0.3, -0.25) is 14.8 Å². The number of imidazole rings is 1. The van der Waals surface area contributed by atoms with E-state index >= 15 is 0 Å². The Hall–Kier alpha value is -2.42. The van der Waals surface area contributed by atoms with Crippen LogP contribution in [0, 0.1) is 0 Å². The van der Waals surface area contributed by atoms with Crippen LogP contribution in [0.5, 0.6) is 0 Å². The number of H-pyrrole nitrogens is 1. The minimum Gasteiger partial charge on any atom is -0.375 e. The Morgan fingerprint density at radius 3 is 3.18 bits per heavy atom. The SMILES string of the molecule is COCC(=O)Nc1cn[nH]c1[C@H]1CCCN(Cc2cn3cc(Cl)ccc3n2)C1. The zero-order chi connectivity index (χ0) is 19.5. The number of fused-ring (bicyclic) bond motifs is 1. The summed E-state index contributed by atoms with van der Waals surface area (Å²) in [7, 11) is 1.50. The Kier molecular flexibility index (Phi) is 5.61. The van der Waals surface area contributed by atoms with Gasteiger partial charge in [0.05, 0.1) is 28.3 Å². The summed E-state index contributed by atoms with van der Waals surface area (Å²) in [6, 6.07) is 3.77. The molecule has 28 heavy (non-hydrogen) atoms. The molecule has 1 fully saturated rings. The average Bonchev–Trinajstić information content (AvgIpc) is 3.28. The molecule has 0 unspecified atom stereocenters. The maximum absolute atomic E-state index is 11.9. The van der Waals surface area contributed by atoms with Gasteiger partial charge in [0, 0.05) is 38.5 Å². The summed E-state index contributed by atoms with van der Waals surface area (Å²) >= 11 is 6.06. The quantitative estimate of drug-likeness (QED) is 0.661. The number of hydrogen-bond acceptors (Lipinski definition) is 5. The zero-order valence-corrected chi connectivity index (χ0v) is 16.4. The maximum atomic E-state index is 11.9. The normalized spacial score (nSPS) is 17.9. The van der Waals surface area contributed by atoms with Gasteiger partial charge in [0.25, 0.3) is 0 Å². The topological polar surface area (TPSA) is 87.5 Å². The van der Waals surface area contributed by atoms with Gasteiger partial charge in [0.1, 0.15) is 12.3 Å². The van der Waals surface area contributed by atoms with E-state index in [1.165, 1.54) is 7.11 Å². The van der Waals surface area contributed by atoms with E-state index in [1.54, 1.807) is 6.20 Å². The van der Waals surface area contributed by atoms with Gasteiger partial charge in [-0.25, -0.2) is 4.98 Å². The molecule has 4 heterocycles. The first-order valence-corrected chi connectivity index (χ1v) is 9.67. The van der Waals surface area contributed by atoms with Crippen LogP contribution in [0.3, 0.4) is 0 Å². The smallest absolute Gasteiger partial charge is 0.250 e. The molecular formula is C19H23ClN6O2. The van der Waals surface area contributed by atoms with Crippen molar-refractivity contribution in [3.63, 3.8) is 0 Å². The second-order valence-corrected chi connectivity index (χ2v) is 7.53. The molecule has 8 nitrogen and oxygen atoms in total. The van der Waals surface area contributed by atoms with Crippen molar-refractivity contribution in [3.05, 3.63) is 47.1 Å². The Morgan fingerprint density at radius 2 is 2.32 bits per heavy atom. The number of nitrogens with one attached hydrogen (secondary N) is 2. The van der Waals surface area contributed by atoms with E-state index in [0.29, 0.717) is 5.02 Å². The molecule has 4 rings (SSSR count). The number of likely N-dealkylation sites (tertiary alicyclic amines) is 1. The number of rotatable bonds is 6. The predicted molar refractivity (Wildman–Crippen MR) is 107 cm³/mol. The van der Waals surface area contributed by atoms with Gasteiger partial charge in [-0.05, 0) is 31.5 Å². The van der Waals surface area contributed by atoms with Crippen LogP contribution in [0.4, 0.5) is 5.69 Å². The lowest BCUT2D eigenvalue weighted by molar-refractivity contribution is -0.119. The number of pyridine rings is 1. The number of carbonyl (C=O) groups excluding carboxylic acids is 1. The highest BCUT2D eigenvalue weighted by Crippen LogP contribution is 2.31. The van der Waals surface area contributed by atoms with Crippen LogP contribution < -0.4 is 5.32 Å². The first-order chi connectivity index (χ1) is 13.6. The summed E-state index contributed by atoms with van der Waals surface area (Å²) in [6.07, 6.45) is 7.68. The third kappa shape index (κ3) is 4.19. The molecule has 0 bridgehead atoms. The van der Waals surface area contributed by atoms with Crippen molar-refractivity contribution in [1.29, 1.82) is 0 Å². The van der Waals surface area contributed by atoms with Crippen LogP contribution >= 0.6 is 11.6 Å². The third-order valence-corrected chi connectivity index (χ3v) is 5.21. The fourth-order valence-electron chi connectivity index (χ4n) is 3.78. The Labute approximate surface area is 167 Å². The van der Waals surface area contributed by atoms with E-state index in [2.05, 4.69) is 25.4 Å². The fourth-order valence-corrected chi connectivity index (χ4v) is 3.95. The van der Waals surface area contributed by atoms with Gasteiger partial charge in [-0.15, -0.1) is 0 Å². The van der Waals surface area contributed by atoms with E-state index in [0.717, 1.165) is 55.2 Å². The molecule has 0 radical (unpaired) electrons. The number of amides is 1. The molecule has 2 N–H and O–H groups in total. The minimum atomic E-state index is -0.179. The number of piperidine rings is 1. The van der Waals surface area contributed by atoms with Crippen LogP contribution in [-0.2, 0) is 16.1 Å². The van der Waals surface area contributed by atoms with Crippen molar-refractivity contribution in [1.82, 2.24) is 24.5 Å². The van der Waals surface area contributed by atoms with Crippen molar-refractivity contribution in [3.8, 4) is 0 Å². The lowest BCUT2D eigenvalue weighted by Crippen LogP contribution is -2.34. The molecule has 0 saturated carbocycles. The van der Waals surface area contributed by atoms with Crippen LogP contribution in [0.25, 0.3) is 5.65 Å². The number of nitrogens with zero attached hydrogens (tertiary/aromatic N) is 4. The van der Waals surface area contributed by atoms with E-state index in [1.807, 2.05) is 28.9 Å². The molecule has 0 aliphatic carbocycles. The lowest BCUT2D eigenvalue weighted by atomic mass is 9.94. The van der Waals surface area contributed by atoms with E-state index in [4.69, 9.17) is 16.3 Å². The molecule has 3 aromatic rings. The summed E-state index contributed by atoms with van der Waals surface area (Å²) in [5, 5.41) is 10.8. The summed E-state index contributed by atoms with van der Waals surface area (Å²) in [4.78, 5) is 18.9. The monoisotopic (exact) mass is 402 g/mol. The van der Waals surface area contributed by atoms with E-state index < -0.39 is 0 Å². The van der Waals surface area contributed by atoms with Crippen molar-refractivity contribution < 1.29 is 9.53 Å². The molecule has 1 amide bonds. The van der Waals surface area contributed by atoms with Crippen LogP contribution in [0.15, 0.2) is 30.7 Å². The molecule has 3 aromatic heterocycles. The summed E-state index contributed by atoms with van der Waals surface area (Å²) in [5.74, 6) is 0.0988. The number of halogens is 1. The molecule has 0 spiro atoms. The van der Waals surface area contributed by atoms with Gasteiger partial charge in [-0.1, -0.05) is 11.6 Å². The molecule has 1 saturated heterocycles. The highest BCUT2D eigenvalue weighted by Gasteiger charge is 2.25. The first-order valence-electron chi connectivity index (χ1n) is 9.30. The number of hydrogen-bond donors (Lipinski definition) is 2. The largest absolute Gasteiger partial charge is 0.375 e. The molecule has 1 aliphatic heterocycles. The van der Waals surface area contributed by atoms with Crippen molar-refractivity contribution >= 4 is 28.8 Å². The van der Waals surface area contributed by atoms with Gasteiger partial charge < -0.3 is 14.5 Å². The minimum absolute atomic E-state index is 0.0271. The molecule has 1 atom stereocenters. The van der Waals surface area contributed by atoms with Crippen molar-refractivity contribution in [2.24, 2.45) is 0 Å².